The van der Waals surface area contributed by atoms with Gasteiger partial charge in [0, 0.05) is 16.1 Å². The first-order valence-corrected chi connectivity index (χ1v) is 7.66. The molecule has 0 spiro atoms. The van der Waals surface area contributed by atoms with Gasteiger partial charge in [-0.1, -0.05) is 35.2 Å². The summed E-state index contributed by atoms with van der Waals surface area (Å²) in [7, 11) is 0. The summed E-state index contributed by atoms with van der Waals surface area (Å²) < 4.78 is 0.909. The van der Waals surface area contributed by atoms with Crippen LogP contribution in [0, 0.1) is 5.92 Å². The average molecular weight is 340 g/mol. The van der Waals surface area contributed by atoms with E-state index in [1.165, 1.54) is 0 Å². The molecule has 0 heterocycles. The molecular weight excluding hydrogens is 322 g/mol. The Kier molecular flexibility index (Phi) is 5.17. The van der Waals surface area contributed by atoms with Gasteiger partial charge in [-0.05, 0) is 37.1 Å². The average Bonchev–Trinajstić information content (AvgIpc) is 2.65. The molecule has 1 aromatic rings. The van der Waals surface area contributed by atoms with Crippen LogP contribution in [0.1, 0.15) is 42.5 Å². The number of rotatable bonds is 3. The normalized spacial score (nSPS) is 22.9. The van der Waals surface area contributed by atoms with Crippen molar-refractivity contribution in [2.75, 3.05) is 0 Å². The van der Waals surface area contributed by atoms with E-state index in [9.17, 15) is 14.7 Å². The number of amides is 1. The second-order valence-electron chi connectivity index (χ2n) is 5.17. The number of carbonyl (C=O) groups excluding carboxylic acids is 1. The van der Waals surface area contributed by atoms with Crippen LogP contribution in [0.25, 0.3) is 0 Å². The molecule has 0 aromatic heterocycles. The van der Waals surface area contributed by atoms with E-state index in [1.54, 1.807) is 24.3 Å². The summed E-state index contributed by atoms with van der Waals surface area (Å²) in [6, 6.07) is 6.79. The van der Waals surface area contributed by atoms with E-state index in [4.69, 9.17) is 0 Å². The Balaban J connectivity index is 2.07. The van der Waals surface area contributed by atoms with Crippen LogP contribution in [0.15, 0.2) is 28.7 Å². The lowest BCUT2D eigenvalue weighted by molar-refractivity contribution is -0.142. The Morgan fingerprint density at radius 2 is 1.75 bits per heavy atom. The lowest BCUT2D eigenvalue weighted by Crippen LogP contribution is -2.42. The SMILES string of the molecule is O=C(NC1CCCCCC1C(=O)O)c1ccc(Br)cc1. The maximum absolute atomic E-state index is 12.2. The maximum Gasteiger partial charge on any atom is 0.308 e. The Labute approximate surface area is 126 Å². The molecule has 1 aliphatic rings. The summed E-state index contributed by atoms with van der Waals surface area (Å²) in [5.74, 6) is -1.49. The third-order valence-electron chi connectivity index (χ3n) is 3.76. The summed E-state index contributed by atoms with van der Waals surface area (Å²) in [6.45, 7) is 0. The number of carboxylic acid groups (broad SMARTS) is 1. The smallest absolute Gasteiger partial charge is 0.308 e. The third-order valence-corrected chi connectivity index (χ3v) is 4.28. The third kappa shape index (κ3) is 3.82. The Morgan fingerprint density at radius 1 is 1.10 bits per heavy atom. The first kappa shape index (κ1) is 15.0. The fraction of sp³-hybridized carbons (Fsp3) is 0.467. The van der Waals surface area contributed by atoms with Gasteiger partial charge in [-0.15, -0.1) is 0 Å². The molecule has 0 radical (unpaired) electrons. The van der Waals surface area contributed by atoms with Gasteiger partial charge in [0.25, 0.3) is 5.91 Å². The van der Waals surface area contributed by atoms with Gasteiger partial charge < -0.3 is 10.4 Å². The predicted molar refractivity (Wildman–Crippen MR) is 79.6 cm³/mol. The summed E-state index contributed by atoms with van der Waals surface area (Å²) in [4.78, 5) is 23.5. The zero-order valence-electron chi connectivity index (χ0n) is 11.1. The van der Waals surface area contributed by atoms with Crippen molar-refractivity contribution >= 4 is 27.8 Å². The number of hydrogen-bond donors (Lipinski definition) is 2. The van der Waals surface area contributed by atoms with Crippen molar-refractivity contribution in [3.63, 3.8) is 0 Å². The van der Waals surface area contributed by atoms with E-state index in [0.717, 1.165) is 30.2 Å². The molecule has 1 aliphatic carbocycles. The highest BCUT2D eigenvalue weighted by Crippen LogP contribution is 2.24. The molecule has 1 amide bonds. The quantitative estimate of drug-likeness (QED) is 0.831. The molecule has 4 nitrogen and oxygen atoms in total. The highest BCUT2D eigenvalue weighted by atomic mass is 79.9. The van der Waals surface area contributed by atoms with Gasteiger partial charge in [0.15, 0.2) is 0 Å². The molecule has 1 fully saturated rings. The number of hydrogen-bond acceptors (Lipinski definition) is 2. The first-order chi connectivity index (χ1) is 9.58. The molecule has 20 heavy (non-hydrogen) atoms. The minimum absolute atomic E-state index is 0.198. The number of nitrogens with one attached hydrogen (secondary N) is 1. The van der Waals surface area contributed by atoms with Crippen LogP contribution in [-0.4, -0.2) is 23.0 Å². The van der Waals surface area contributed by atoms with Crippen LogP contribution in [0.3, 0.4) is 0 Å². The minimum atomic E-state index is -0.812. The van der Waals surface area contributed by atoms with E-state index in [2.05, 4.69) is 21.2 Å². The Bertz CT molecular complexity index is 486. The lowest BCUT2D eigenvalue weighted by atomic mass is 9.94. The molecule has 2 atom stereocenters. The summed E-state index contributed by atoms with van der Waals surface area (Å²) in [5, 5.41) is 12.2. The molecule has 2 rings (SSSR count). The van der Waals surface area contributed by atoms with Gasteiger partial charge >= 0.3 is 5.97 Å². The van der Waals surface area contributed by atoms with E-state index in [1.807, 2.05) is 0 Å². The summed E-state index contributed by atoms with van der Waals surface area (Å²) in [6.07, 6.45) is 4.30. The topological polar surface area (TPSA) is 66.4 Å². The number of carboxylic acids is 1. The van der Waals surface area contributed by atoms with Crippen molar-refractivity contribution in [3.8, 4) is 0 Å². The number of carbonyl (C=O) groups is 2. The van der Waals surface area contributed by atoms with E-state index >= 15 is 0 Å². The van der Waals surface area contributed by atoms with Crippen molar-refractivity contribution in [1.82, 2.24) is 5.32 Å². The number of halogens is 1. The fourth-order valence-corrected chi connectivity index (χ4v) is 2.89. The van der Waals surface area contributed by atoms with Crippen LogP contribution < -0.4 is 5.32 Å². The molecular formula is C15H18BrNO3. The first-order valence-electron chi connectivity index (χ1n) is 6.87. The van der Waals surface area contributed by atoms with E-state index in [0.29, 0.717) is 12.0 Å². The van der Waals surface area contributed by atoms with Gasteiger partial charge in [0.05, 0.1) is 5.92 Å². The van der Waals surface area contributed by atoms with Crippen LogP contribution >= 0.6 is 15.9 Å². The van der Waals surface area contributed by atoms with Crippen LogP contribution in [0.5, 0.6) is 0 Å². The fourth-order valence-electron chi connectivity index (χ4n) is 2.63. The van der Waals surface area contributed by atoms with Crippen molar-refractivity contribution in [2.24, 2.45) is 5.92 Å². The van der Waals surface area contributed by atoms with Crippen LogP contribution in [-0.2, 0) is 4.79 Å². The molecule has 1 aromatic carbocycles. The van der Waals surface area contributed by atoms with Crippen molar-refractivity contribution in [1.29, 1.82) is 0 Å². The molecule has 108 valence electrons. The largest absolute Gasteiger partial charge is 0.481 e. The predicted octanol–water partition coefficient (Wildman–Crippen LogP) is 3.21. The minimum Gasteiger partial charge on any atom is -0.481 e. The summed E-state index contributed by atoms with van der Waals surface area (Å²) >= 11 is 3.32. The highest BCUT2D eigenvalue weighted by Gasteiger charge is 2.30. The van der Waals surface area contributed by atoms with Gasteiger partial charge in [0.1, 0.15) is 0 Å². The zero-order valence-corrected chi connectivity index (χ0v) is 12.7. The Morgan fingerprint density at radius 3 is 2.40 bits per heavy atom. The molecule has 0 bridgehead atoms. The lowest BCUT2D eigenvalue weighted by Gasteiger charge is -2.22. The monoisotopic (exact) mass is 339 g/mol. The van der Waals surface area contributed by atoms with E-state index < -0.39 is 11.9 Å². The molecule has 2 unspecified atom stereocenters. The molecule has 0 aliphatic heterocycles. The number of benzene rings is 1. The van der Waals surface area contributed by atoms with Crippen LogP contribution in [0.4, 0.5) is 0 Å². The van der Waals surface area contributed by atoms with Crippen LogP contribution in [0.2, 0.25) is 0 Å². The maximum atomic E-state index is 12.2. The molecule has 2 N–H and O–H groups in total. The molecule has 0 saturated heterocycles. The Hall–Kier alpha value is -1.36. The van der Waals surface area contributed by atoms with Gasteiger partial charge in [-0.2, -0.15) is 0 Å². The van der Waals surface area contributed by atoms with Gasteiger partial charge in [-0.25, -0.2) is 0 Å². The van der Waals surface area contributed by atoms with Crippen molar-refractivity contribution in [3.05, 3.63) is 34.3 Å². The highest BCUT2D eigenvalue weighted by molar-refractivity contribution is 9.10. The van der Waals surface area contributed by atoms with E-state index in [-0.39, 0.29) is 11.9 Å². The van der Waals surface area contributed by atoms with Crippen molar-refractivity contribution < 1.29 is 14.7 Å². The second kappa shape index (κ2) is 6.88. The number of aliphatic carboxylic acids is 1. The van der Waals surface area contributed by atoms with Crippen molar-refractivity contribution in [2.45, 2.75) is 38.1 Å². The van der Waals surface area contributed by atoms with Gasteiger partial charge in [-0.3, -0.25) is 9.59 Å². The van der Waals surface area contributed by atoms with Gasteiger partial charge in [0.2, 0.25) is 0 Å². The standard InChI is InChI=1S/C15H18BrNO3/c16-11-8-6-10(7-9-11)14(18)17-13-5-3-1-2-4-12(13)15(19)20/h6-9,12-13H,1-5H2,(H,17,18)(H,19,20). The summed E-state index contributed by atoms with van der Waals surface area (Å²) in [5.41, 5.74) is 0.557. The zero-order chi connectivity index (χ0) is 14.5. The second-order valence-corrected chi connectivity index (χ2v) is 6.09. The molecule has 1 saturated carbocycles. The molecule has 5 heteroatoms.